The number of hydrogen-bond acceptors (Lipinski definition) is 4. The molecule has 2 aliphatic heterocycles. The number of H-pyrrole nitrogens is 2. The van der Waals surface area contributed by atoms with Gasteiger partial charge in [0.05, 0.1) is 46.5 Å². The maximum atomic E-state index is 12.5. The van der Waals surface area contributed by atoms with E-state index in [2.05, 4.69) is 149 Å². The summed E-state index contributed by atoms with van der Waals surface area (Å²) < 4.78 is 5.05. The molecule has 5 heterocycles. The Morgan fingerprint density at radius 2 is 0.875 bits per heavy atom. The van der Waals surface area contributed by atoms with Gasteiger partial charge in [-0.2, -0.15) is 0 Å². The van der Waals surface area contributed by atoms with Crippen LogP contribution in [-0.2, 0) is 4.74 Å². The fraction of sp³-hybridized carbons (Fsp3) is 0.0200. The summed E-state index contributed by atoms with van der Waals surface area (Å²) >= 11 is 0. The molecule has 6 aromatic carbocycles. The van der Waals surface area contributed by atoms with Crippen molar-refractivity contribution in [1.29, 1.82) is 0 Å². The predicted molar refractivity (Wildman–Crippen MR) is 227 cm³/mol. The van der Waals surface area contributed by atoms with E-state index in [1.807, 2.05) is 24.3 Å². The molecule has 11 rings (SSSR count). The summed E-state index contributed by atoms with van der Waals surface area (Å²) in [4.78, 5) is 31.4. The molecule has 264 valence electrons. The second-order valence-corrected chi connectivity index (χ2v) is 14.2. The predicted octanol–water partition coefficient (Wildman–Crippen LogP) is 12.4. The maximum absolute atomic E-state index is 12.5. The molecule has 0 amide bonds. The Morgan fingerprint density at radius 3 is 1.36 bits per heavy atom. The average Bonchev–Trinajstić information content (AvgIpc) is 4.01. The number of methoxy groups -OCH3 is 1. The molecular weight excluding hydrogens is 689 g/mol. The molecule has 3 aromatic heterocycles. The van der Waals surface area contributed by atoms with E-state index in [1.54, 1.807) is 0 Å². The number of carbonyl (C=O) groups is 1. The number of rotatable bonds is 3. The summed E-state index contributed by atoms with van der Waals surface area (Å²) in [7, 11) is 1.40. The molecule has 9 aromatic rings. The molecule has 0 saturated carbocycles. The number of benzene rings is 6. The maximum Gasteiger partial charge on any atom is 0.337 e. The van der Waals surface area contributed by atoms with Crippen molar-refractivity contribution in [2.24, 2.45) is 0 Å². The van der Waals surface area contributed by atoms with Gasteiger partial charge in [-0.15, -0.1) is 0 Å². The normalized spacial score (nSPS) is 11.7. The van der Waals surface area contributed by atoms with Crippen molar-refractivity contribution < 1.29 is 9.53 Å². The van der Waals surface area contributed by atoms with Crippen molar-refractivity contribution in [2.75, 3.05) is 7.11 Å². The molecular formula is C50H32N4O2. The van der Waals surface area contributed by atoms with E-state index in [-0.39, 0.29) is 5.97 Å². The Hall–Kier alpha value is -7.57. The lowest BCUT2D eigenvalue weighted by Gasteiger charge is -2.08. The molecule has 2 N–H and O–H groups in total. The fourth-order valence-corrected chi connectivity index (χ4v) is 8.51. The molecule has 6 heteroatoms. The third-order valence-corrected chi connectivity index (χ3v) is 11.1. The van der Waals surface area contributed by atoms with Crippen LogP contribution in [0.1, 0.15) is 10.4 Å². The largest absolute Gasteiger partial charge is 0.465 e. The third kappa shape index (κ3) is 4.86. The first-order valence-electron chi connectivity index (χ1n) is 18.7. The van der Waals surface area contributed by atoms with Crippen LogP contribution < -0.4 is 0 Å². The standard InChI is InChI=1S/C50H32N4O2/c1-56-50(55)31-25-23-30(24-26-31)45-48-38-21-11-7-17-34(38)42(53-48)27-40-32-15-5-9-19-36(32)46(51-40)44(29-13-3-2-4-14-29)47-37-20-10-6-16-33(37)41(52-47)28-43-35-18-8-12-22-39(35)49(45)54-43/h2-28,51,54H,1H3. The molecule has 0 aliphatic carbocycles. The van der Waals surface area contributed by atoms with Crippen LogP contribution in [0.5, 0.6) is 0 Å². The minimum Gasteiger partial charge on any atom is -0.465 e. The van der Waals surface area contributed by atoms with Gasteiger partial charge >= 0.3 is 5.97 Å². The monoisotopic (exact) mass is 720 g/mol. The smallest absolute Gasteiger partial charge is 0.337 e. The molecule has 0 saturated heterocycles. The van der Waals surface area contributed by atoms with E-state index in [1.165, 1.54) is 7.11 Å². The van der Waals surface area contributed by atoms with Crippen LogP contribution in [0.15, 0.2) is 164 Å². The van der Waals surface area contributed by atoms with Crippen molar-refractivity contribution >= 4 is 49.6 Å². The van der Waals surface area contributed by atoms with Gasteiger partial charge in [0.15, 0.2) is 0 Å². The summed E-state index contributed by atoms with van der Waals surface area (Å²) in [5.41, 5.74) is 16.0. The van der Waals surface area contributed by atoms with Crippen LogP contribution in [0, 0.1) is 0 Å². The minimum atomic E-state index is -0.380. The van der Waals surface area contributed by atoms with Gasteiger partial charge in [0.25, 0.3) is 0 Å². The molecule has 0 unspecified atom stereocenters. The minimum absolute atomic E-state index is 0.380. The van der Waals surface area contributed by atoms with Gasteiger partial charge in [0, 0.05) is 66.0 Å². The molecule has 56 heavy (non-hydrogen) atoms. The van der Waals surface area contributed by atoms with Gasteiger partial charge in [-0.1, -0.05) is 140 Å². The lowest BCUT2D eigenvalue weighted by Crippen LogP contribution is -2.00. The van der Waals surface area contributed by atoms with E-state index < -0.39 is 0 Å². The molecule has 0 radical (unpaired) electrons. The number of fused-ring (bicyclic) bond motifs is 20. The number of nitrogens with zero attached hydrogens (tertiary/aromatic N) is 2. The Kier molecular flexibility index (Phi) is 7.13. The number of ether oxygens (including phenoxy) is 1. The molecule has 0 atom stereocenters. The molecule has 8 bridgehead atoms. The number of carbonyl (C=O) groups excluding carboxylic acids is 1. The second-order valence-electron chi connectivity index (χ2n) is 14.2. The number of nitrogens with one attached hydrogen (secondary N) is 2. The SMILES string of the molecule is COC(=O)c1ccc(-c2c3nc(cc4[nH]c(c(-c5ccccc5)c5nc(cc6[nH]c2c2ccccc62)-c2ccccc2-5)c2ccccc42)-c2ccccc2-3)cc1. The van der Waals surface area contributed by atoms with E-state index in [0.29, 0.717) is 5.56 Å². The highest BCUT2D eigenvalue weighted by Crippen LogP contribution is 2.47. The lowest BCUT2D eigenvalue weighted by atomic mass is 9.95. The number of esters is 1. The quantitative estimate of drug-likeness (QED) is 0.178. The van der Waals surface area contributed by atoms with Gasteiger partial charge in [0.2, 0.25) is 0 Å². The van der Waals surface area contributed by atoms with Crippen LogP contribution in [0.4, 0.5) is 0 Å². The van der Waals surface area contributed by atoms with Crippen molar-refractivity contribution in [3.05, 3.63) is 169 Å². The summed E-state index contributed by atoms with van der Waals surface area (Å²) in [6, 6.07) is 56.4. The third-order valence-electron chi connectivity index (χ3n) is 11.1. The van der Waals surface area contributed by atoms with E-state index in [4.69, 9.17) is 14.7 Å². The Labute approximate surface area is 321 Å². The Morgan fingerprint density at radius 1 is 0.464 bits per heavy atom. The first-order valence-corrected chi connectivity index (χ1v) is 18.7. The summed E-state index contributed by atoms with van der Waals surface area (Å²) in [6.45, 7) is 0. The van der Waals surface area contributed by atoms with Crippen molar-refractivity contribution in [2.45, 2.75) is 0 Å². The van der Waals surface area contributed by atoms with Crippen LogP contribution in [-0.4, -0.2) is 33.0 Å². The highest BCUT2D eigenvalue weighted by atomic mass is 16.5. The van der Waals surface area contributed by atoms with E-state index in [9.17, 15) is 4.79 Å². The van der Waals surface area contributed by atoms with Crippen LogP contribution in [0.25, 0.3) is 111 Å². The van der Waals surface area contributed by atoms with Crippen LogP contribution in [0.3, 0.4) is 0 Å². The zero-order valence-corrected chi connectivity index (χ0v) is 30.3. The van der Waals surface area contributed by atoms with Crippen LogP contribution >= 0.6 is 0 Å². The highest BCUT2D eigenvalue weighted by Gasteiger charge is 2.25. The zero-order chi connectivity index (χ0) is 37.3. The average molecular weight is 721 g/mol. The lowest BCUT2D eigenvalue weighted by molar-refractivity contribution is 0.0600. The summed E-state index contributed by atoms with van der Waals surface area (Å²) in [6.07, 6.45) is 0. The van der Waals surface area contributed by atoms with Crippen LogP contribution in [0.2, 0.25) is 0 Å². The first-order chi connectivity index (χ1) is 27.6. The first kappa shape index (κ1) is 31.9. The van der Waals surface area contributed by atoms with Gasteiger partial charge in [-0.25, -0.2) is 14.8 Å². The Balaban J connectivity index is 1.39. The summed E-state index contributed by atoms with van der Waals surface area (Å²) in [5, 5.41) is 4.32. The molecule has 6 nitrogen and oxygen atoms in total. The zero-order valence-electron chi connectivity index (χ0n) is 30.3. The summed E-state index contributed by atoms with van der Waals surface area (Å²) in [5.74, 6) is -0.380. The number of aromatic amines is 2. The van der Waals surface area contributed by atoms with Gasteiger partial charge < -0.3 is 14.7 Å². The molecule has 0 spiro atoms. The van der Waals surface area contributed by atoms with Crippen molar-refractivity contribution in [3.63, 3.8) is 0 Å². The van der Waals surface area contributed by atoms with Crippen molar-refractivity contribution in [1.82, 2.24) is 19.9 Å². The van der Waals surface area contributed by atoms with Gasteiger partial charge in [-0.05, 0) is 35.4 Å². The number of hydrogen-bond donors (Lipinski definition) is 2. The second kappa shape index (κ2) is 12.5. The molecule has 2 aliphatic rings. The van der Waals surface area contributed by atoms with E-state index >= 15 is 0 Å². The van der Waals surface area contributed by atoms with Crippen molar-refractivity contribution in [3.8, 4) is 67.3 Å². The Bertz CT molecular complexity index is 3250. The molecule has 0 fully saturated rings. The number of aromatic nitrogens is 4. The van der Waals surface area contributed by atoms with Gasteiger partial charge in [0.1, 0.15) is 0 Å². The van der Waals surface area contributed by atoms with E-state index in [0.717, 1.165) is 111 Å². The highest BCUT2D eigenvalue weighted by molar-refractivity contribution is 6.16. The fourth-order valence-electron chi connectivity index (χ4n) is 8.51. The van der Waals surface area contributed by atoms with Gasteiger partial charge in [-0.3, -0.25) is 0 Å². The topological polar surface area (TPSA) is 83.7 Å².